The average Bonchev–Trinajstić information content (AvgIpc) is 3.95. The van der Waals surface area contributed by atoms with E-state index in [9.17, 15) is 0 Å². The van der Waals surface area contributed by atoms with Gasteiger partial charge in [-0.2, -0.15) is 9.97 Å². The zero-order valence-corrected chi connectivity index (χ0v) is 36.9. The lowest BCUT2D eigenvalue weighted by atomic mass is 9.97. The minimum Gasteiger partial charge on any atom is -0.307 e. The molecule has 0 saturated carbocycles. The highest BCUT2D eigenvalue weighted by atomic mass is 15.2. The summed E-state index contributed by atoms with van der Waals surface area (Å²) in [5.41, 5.74) is 16.3. The Morgan fingerprint density at radius 2 is 0.618 bits per heavy atom. The predicted molar refractivity (Wildman–Crippen MR) is 281 cm³/mol. The highest BCUT2D eigenvalue weighted by Gasteiger charge is 2.25. The van der Waals surface area contributed by atoms with E-state index in [1.165, 1.54) is 10.9 Å². The van der Waals surface area contributed by atoms with E-state index in [1.807, 2.05) is 12.1 Å². The SMILES string of the molecule is c1ccc(-c2ccc(-c3nc(-c4ccc(-c5ccccc5)cc4)nc(-n4c5ccccc5c5ccc6c7ccccc7n(-c7ccc(-c8ccccc8)cc7-c7ccccc7)c6c54)n3)cc2)cc1. The molecule has 68 heavy (non-hydrogen) atoms. The van der Waals surface area contributed by atoms with Crippen LogP contribution in [0.15, 0.2) is 249 Å². The van der Waals surface area contributed by atoms with Crippen LogP contribution in [-0.2, 0) is 0 Å². The zero-order chi connectivity index (χ0) is 45.0. The van der Waals surface area contributed by atoms with Gasteiger partial charge in [-0.15, -0.1) is 0 Å². The van der Waals surface area contributed by atoms with Crippen molar-refractivity contribution in [2.45, 2.75) is 0 Å². The molecule has 13 aromatic rings. The fourth-order valence-corrected chi connectivity index (χ4v) is 9.96. The molecular weight excluding hydrogens is 827 g/mol. The van der Waals surface area contributed by atoms with Crippen LogP contribution in [0.4, 0.5) is 0 Å². The van der Waals surface area contributed by atoms with Crippen LogP contribution in [0, 0.1) is 0 Å². The second-order valence-electron chi connectivity index (χ2n) is 17.2. The third kappa shape index (κ3) is 6.68. The van der Waals surface area contributed by atoms with Gasteiger partial charge in [0.2, 0.25) is 5.95 Å². The van der Waals surface area contributed by atoms with Crippen LogP contribution in [0.5, 0.6) is 0 Å². The fraction of sp³-hybridized carbons (Fsp3) is 0. The first-order valence-electron chi connectivity index (χ1n) is 23.0. The monoisotopic (exact) mass is 867 g/mol. The van der Waals surface area contributed by atoms with Crippen molar-refractivity contribution in [2.75, 3.05) is 0 Å². The smallest absolute Gasteiger partial charge is 0.238 e. The van der Waals surface area contributed by atoms with Crippen LogP contribution in [0.2, 0.25) is 0 Å². The largest absolute Gasteiger partial charge is 0.307 e. The van der Waals surface area contributed by atoms with E-state index in [4.69, 9.17) is 15.0 Å². The van der Waals surface area contributed by atoms with Crippen LogP contribution < -0.4 is 0 Å². The zero-order valence-electron chi connectivity index (χ0n) is 36.9. The normalized spacial score (nSPS) is 11.5. The lowest BCUT2D eigenvalue weighted by Crippen LogP contribution is -2.07. The Labute approximate surface area is 393 Å². The number of nitrogens with zero attached hydrogens (tertiary/aromatic N) is 5. The van der Waals surface area contributed by atoms with Crippen molar-refractivity contribution in [3.63, 3.8) is 0 Å². The van der Waals surface area contributed by atoms with Gasteiger partial charge < -0.3 is 4.57 Å². The molecule has 0 N–H and O–H groups in total. The van der Waals surface area contributed by atoms with E-state index >= 15 is 0 Å². The van der Waals surface area contributed by atoms with Crippen LogP contribution >= 0.6 is 0 Å². The van der Waals surface area contributed by atoms with Gasteiger partial charge in [-0.1, -0.05) is 224 Å². The van der Waals surface area contributed by atoms with Crippen molar-refractivity contribution in [3.05, 3.63) is 249 Å². The van der Waals surface area contributed by atoms with E-state index in [1.54, 1.807) is 0 Å². The summed E-state index contributed by atoms with van der Waals surface area (Å²) < 4.78 is 4.74. The van der Waals surface area contributed by atoms with Crippen LogP contribution in [0.3, 0.4) is 0 Å². The van der Waals surface area contributed by atoms with E-state index in [0.717, 1.165) is 94.0 Å². The second-order valence-corrected chi connectivity index (χ2v) is 17.2. The summed E-state index contributed by atoms with van der Waals surface area (Å²) in [4.78, 5) is 16.1. The molecular formula is C63H41N5. The quantitative estimate of drug-likeness (QED) is 0.153. The van der Waals surface area contributed by atoms with Crippen molar-refractivity contribution in [1.29, 1.82) is 0 Å². The molecule has 5 nitrogen and oxygen atoms in total. The fourth-order valence-electron chi connectivity index (χ4n) is 9.96. The van der Waals surface area contributed by atoms with Crippen LogP contribution in [0.25, 0.3) is 123 Å². The molecule has 0 spiro atoms. The summed E-state index contributed by atoms with van der Waals surface area (Å²) in [6.45, 7) is 0. The minimum atomic E-state index is 0.544. The van der Waals surface area contributed by atoms with Gasteiger partial charge in [0.1, 0.15) is 0 Å². The lowest BCUT2D eigenvalue weighted by Gasteiger charge is -2.17. The van der Waals surface area contributed by atoms with Gasteiger partial charge in [-0.05, 0) is 63.2 Å². The number of para-hydroxylation sites is 2. The molecule has 0 atom stereocenters. The van der Waals surface area contributed by atoms with Gasteiger partial charge in [0.05, 0.1) is 27.8 Å². The number of benzene rings is 10. The van der Waals surface area contributed by atoms with Gasteiger partial charge in [0.25, 0.3) is 0 Å². The summed E-state index contributed by atoms with van der Waals surface area (Å²) in [7, 11) is 0. The second kappa shape index (κ2) is 16.4. The topological polar surface area (TPSA) is 48.5 Å². The molecule has 0 aliphatic heterocycles. The molecule has 0 fully saturated rings. The Morgan fingerprint density at radius 3 is 1.12 bits per heavy atom. The molecule has 0 aliphatic carbocycles. The van der Waals surface area contributed by atoms with Gasteiger partial charge in [-0.25, -0.2) is 4.98 Å². The maximum absolute atomic E-state index is 5.44. The van der Waals surface area contributed by atoms with Crippen molar-refractivity contribution in [1.82, 2.24) is 24.1 Å². The summed E-state index contributed by atoms with van der Waals surface area (Å²) in [5.74, 6) is 1.74. The van der Waals surface area contributed by atoms with E-state index < -0.39 is 0 Å². The molecule has 0 saturated heterocycles. The standard InChI is InChI=1S/C63H41N5/c1-5-17-42(18-6-1)45-29-33-48(34-30-45)61-64-62(49-35-31-46(32-36-49)43-19-7-2-8-20-43)66-63(65-61)68-57-28-16-14-26-52(57)54-39-38-53-51-25-13-15-27-56(51)67(59(53)60(54)68)58-40-37-50(44-21-9-3-10-22-44)41-55(58)47-23-11-4-12-24-47/h1-41H. The van der Waals surface area contributed by atoms with Crippen molar-refractivity contribution >= 4 is 43.6 Å². The van der Waals surface area contributed by atoms with Crippen LogP contribution in [-0.4, -0.2) is 24.1 Å². The molecule has 13 rings (SSSR count). The first-order valence-corrected chi connectivity index (χ1v) is 23.0. The maximum atomic E-state index is 5.44. The molecule has 0 aliphatic rings. The molecule has 0 radical (unpaired) electrons. The molecule has 318 valence electrons. The van der Waals surface area contributed by atoms with Gasteiger partial charge in [-0.3, -0.25) is 4.57 Å². The van der Waals surface area contributed by atoms with Crippen molar-refractivity contribution < 1.29 is 0 Å². The molecule has 0 unspecified atom stereocenters. The summed E-state index contributed by atoms with van der Waals surface area (Å²) >= 11 is 0. The van der Waals surface area contributed by atoms with Crippen LogP contribution in [0.1, 0.15) is 0 Å². The number of aromatic nitrogens is 5. The highest BCUT2D eigenvalue weighted by Crippen LogP contribution is 2.44. The Morgan fingerprint density at radius 1 is 0.250 bits per heavy atom. The third-order valence-electron chi connectivity index (χ3n) is 13.2. The predicted octanol–water partition coefficient (Wildman–Crippen LogP) is 16.1. The molecule has 5 heteroatoms. The molecule has 0 bridgehead atoms. The van der Waals surface area contributed by atoms with Gasteiger partial charge in [0, 0.05) is 38.2 Å². The first kappa shape index (κ1) is 39.2. The number of hydrogen-bond acceptors (Lipinski definition) is 3. The van der Waals surface area contributed by atoms with E-state index in [0.29, 0.717) is 17.6 Å². The first-order chi connectivity index (χ1) is 33.7. The molecule has 0 amide bonds. The number of fused-ring (bicyclic) bond motifs is 7. The molecule has 3 heterocycles. The lowest BCUT2D eigenvalue weighted by molar-refractivity contribution is 0.953. The van der Waals surface area contributed by atoms with Gasteiger partial charge >= 0.3 is 0 Å². The van der Waals surface area contributed by atoms with Gasteiger partial charge in [0.15, 0.2) is 11.6 Å². The average molecular weight is 868 g/mol. The van der Waals surface area contributed by atoms with Crippen molar-refractivity contribution in [2.24, 2.45) is 0 Å². The maximum Gasteiger partial charge on any atom is 0.238 e. The molecule has 3 aromatic heterocycles. The summed E-state index contributed by atoms with van der Waals surface area (Å²) in [6, 6.07) is 88.2. The number of rotatable bonds is 8. The Balaban J connectivity index is 1.10. The third-order valence-corrected chi connectivity index (χ3v) is 13.2. The highest BCUT2D eigenvalue weighted by molar-refractivity contribution is 6.24. The Bertz CT molecular complexity index is 3870. The number of hydrogen-bond donors (Lipinski definition) is 0. The van der Waals surface area contributed by atoms with E-state index in [-0.39, 0.29) is 0 Å². The Hall–Kier alpha value is -9.19. The summed E-state index contributed by atoms with van der Waals surface area (Å²) in [5, 5.41) is 4.54. The van der Waals surface area contributed by atoms with Crippen molar-refractivity contribution in [3.8, 4) is 78.9 Å². The Kier molecular flexibility index (Phi) is 9.43. The minimum absolute atomic E-state index is 0.544. The molecule has 10 aromatic carbocycles. The van der Waals surface area contributed by atoms with E-state index in [2.05, 4.69) is 246 Å². The summed E-state index contributed by atoms with van der Waals surface area (Å²) in [6.07, 6.45) is 0.